The van der Waals surface area contributed by atoms with Gasteiger partial charge in [-0.1, -0.05) is 18.6 Å². The molecular weight excluding hydrogens is 377 g/mol. The predicted octanol–water partition coefficient (Wildman–Crippen LogP) is 3.59. The lowest BCUT2D eigenvalue weighted by Crippen LogP contribution is -2.53. The van der Waals surface area contributed by atoms with E-state index in [1.165, 1.54) is 25.0 Å². The van der Waals surface area contributed by atoms with Crippen molar-refractivity contribution in [3.8, 4) is 0 Å². The van der Waals surface area contributed by atoms with Crippen molar-refractivity contribution in [1.82, 2.24) is 15.1 Å². The largest absolute Gasteiger partial charge is 0.341 e. The number of nitrogens with zero attached hydrogens (tertiary/aromatic N) is 2. The first kappa shape index (κ1) is 21.5. The first-order valence-corrected chi connectivity index (χ1v) is 10.7. The molecule has 6 heteroatoms. The number of hydrogen-bond acceptors (Lipinski definition) is 3. The van der Waals surface area contributed by atoms with Crippen LogP contribution in [0.25, 0.3) is 0 Å². The first-order valence-electron chi connectivity index (χ1n) is 10.7. The molecule has 0 aromatic heterocycles. The average Bonchev–Trinajstić information content (AvgIpc) is 3.53. The van der Waals surface area contributed by atoms with Crippen LogP contribution in [0.3, 0.4) is 0 Å². The molecule has 4 nitrogen and oxygen atoms in total. The summed E-state index contributed by atoms with van der Waals surface area (Å²) >= 11 is 0. The van der Waals surface area contributed by atoms with Crippen LogP contribution >= 0.6 is 12.4 Å². The summed E-state index contributed by atoms with van der Waals surface area (Å²) in [6.07, 6.45) is 8.12. The van der Waals surface area contributed by atoms with Gasteiger partial charge in [-0.25, -0.2) is 4.39 Å². The quantitative estimate of drug-likeness (QED) is 0.779. The molecule has 3 aliphatic rings. The van der Waals surface area contributed by atoms with Crippen molar-refractivity contribution >= 4 is 18.3 Å². The summed E-state index contributed by atoms with van der Waals surface area (Å²) in [5.41, 5.74) is 1.08. The van der Waals surface area contributed by atoms with E-state index in [9.17, 15) is 9.18 Å². The fourth-order valence-corrected chi connectivity index (χ4v) is 4.45. The zero-order valence-corrected chi connectivity index (χ0v) is 17.4. The summed E-state index contributed by atoms with van der Waals surface area (Å²) < 4.78 is 13.2. The van der Waals surface area contributed by atoms with Gasteiger partial charge in [-0.15, -0.1) is 12.4 Å². The molecule has 2 saturated heterocycles. The maximum Gasteiger partial charge on any atom is 0.239 e. The minimum absolute atomic E-state index is 0. The van der Waals surface area contributed by atoms with Crippen LogP contribution in [0.1, 0.15) is 50.5 Å². The predicted molar refractivity (Wildman–Crippen MR) is 112 cm³/mol. The molecule has 28 heavy (non-hydrogen) atoms. The highest BCUT2D eigenvalue weighted by molar-refractivity contribution is 5.85. The molecular formula is C22H33ClFN3O. The van der Waals surface area contributed by atoms with E-state index in [4.69, 9.17) is 0 Å². The Morgan fingerprint density at radius 2 is 1.71 bits per heavy atom. The number of rotatable bonds is 6. The minimum atomic E-state index is -0.205. The second kappa shape index (κ2) is 10.0. The van der Waals surface area contributed by atoms with Gasteiger partial charge in [-0.2, -0.15) is 0 Å². The Balaban J connectivity index is 0.00000225. The van der Waals surface area contributed by atoms with Crippen molar-refractivity contribution in [1.29, 1.82) is 0 Å². The number of nitrogens with one attached hydrogen (secondary N) is 1. The summed E-state index contributed by atoms with van der Waals surface area (Å²) in [7, 11) is 0. The number of hydrogen-bond donors (Lipinski definition) is 1. The van der Waals surface area contributed by atoms with E-state index in [-0.39, 0.29) is 24.3 Å². The van der Waals surface area contributed by atoms with Gasteiger partial charge < -0.3 is 10.2 Å². The van der Waals surface area contributed by atoms with Crippen LogP contribution < -0.4 is 5.32 Å². The Labute approximate surface area is 174 Å². The number of carbonyl (C=O) groups excluding carboxylic acids is 1. The maximum atomic E-state index is 13.2. The van der Waals surface area contributed by atoms with E-state index in [1.807, 2.05) is 12.1 Å². The summed E-state index contributed by atoms with van der Waals surface area (Å²) in [5.74, 6) is 1.01. The topological polar surface area (TPSA) is 35.6 Å². The van der Waals surface area contributed by atoms with Gasteiger partial charge in [-0.05, 0) is 75.2 Å². The Hall–Kier alpha value is -1.17. The molecule has 0 radical (unpaired) electrons. The molecule has 0 spiro atoms. The first-order chi connectivity index (χ1) is 13.2. The second-order valence-corrected chi connectivity index (χ2v) is 8.56. The highest BCUT2D eigenvalue weighted by Gasteiger charge is 2.34. The van der Waals surface area contributed by atoms with Gasteiger partial charge >= 0.3 is 0 Å². The number of likely N-dealkylation sites (tertiary alicyclic amines) is 2. The van der Waals surface area contributed by atoms with Crippen LogP contribution in [0.15, 0.2) is 24.3 Å². The maximum absolute atomic E-state index is 13.2. The summed E-state index contributed by atoms with van der Waals surface area (Å²) in [6.45, 7) is 4.60. The van der Waals surface area contributed by atoms with Gasteiger partial charge in [0.15, 0.2) is 0 Å². The van der Waals surface area contributed by atoms with Crippen LogP contribution in [-0.4, -0.2) is 54.0 Å². The van der Waals surface area contributed by atoms with Gasteiger partial charge in [-0.3, -0.25) is 9.69 Å². The molecule has 1 unspecified atom stereocenters. The van der Waals surface area contributed by atoms with E-state index in [0.29, 0.717) is 11.9 Å². The Morgan fingerprint density at radius 1 is 1.00 bits per heavy atom. The van der Waals surface area contributed by atoms with Gasteiger partial charge in [0, 0.05) is 25.7 Å². The zero-order chi connectivity index (χ0) is 18.6. The summed E-state index contributed by atoms with van der Waals surface area (Å²) in [4.78, 5) is 17.6. The lowest BCUT2D eigenvalue weighted by Gasteiger charge is -2.40. The SMILES string of the molecule is Cl.O=C(C1CCCCN1Cc1ccc(F)cc1)N1CCC(NCC2CC2)CC1. The van der Waals surface area contributed by atoms with Crippen LogP contribution in [-0.2, 0) is 11.3 Å². The lowest BCUT2D eigenvalue weighted by atomic mass is 9.98. The van der Waals surface area contributed by atoms with Gasteiger partial charge in [0.05, 0.1) is 6.04 Å². The van der Waals surface area contributed by atoms with Crippen molar-refractivity contribution in [2.45, 2.75) is 63.6 Å². The molecule has 2 aliphatic heterocycles. The van der Waals surface area contributed by atoms with E-state index >= 15 is 0 Å². The third-order valence-electron chi connectivity index (χ3n) is 6.40. The number of halogens is 2. The van der Waals surface area contributed by atoms with Gasteiger partial charge in [0.25, 0.3) is 0 Å². The third kappa shape index (κ3) is 5.68. The molecule has 2 heterocycles. The molecule has 0 bridgehead atoms. The number of carbonyl (C=O) groups is 1. The van der Waals surface area contributed by atoms with Crippen LogP contribution in [0.5, 0.6) is 0 Å². The zero-order valence-electron chi connectivity index (χ0n) is 16.6. The van der Waals surface area contributed by atoms with E-state index in [0.717, 1.165) is 76.3 Å². The van der Waals surface area contributed by atoms with E-state index in [2.05, 4.69) is 15.1 Å². The third-order valence-corrected chi connectivity index (χ3v) is 6.40. The fraction of sp³-hybridized carbons (Fsp3) is 0.682. The molecule has 1 saturated carbocycles. The smallest absolute Gasteiger partial charge is 0.239 e. The van der Waals surface area contributed by atoms with E-state index in [1.54, 1.807) is 0 Å². The summed E-state index contributed by atoms with van der Waals surface area (Å²) in [5, 5.41) is 3.69. The minimum Gasteiger partial charge on any atom is -0.341 e. The Morgan fingerprint density at radius 3 is 2.39 bits per heavy atom. The van der Waals surface area contributed by atoms with Crippen molar-refractivity contribution in [2.24, 2.45) is 5.92 Å². The second-order valence-electron chi connectivity index (χ2n) is 8.56. The molecule has 1 aromatic rings. The highest BCUT2D eigenvalue weighted by Crippen LogP contribution is 2.28. The highest BCUT2D eigenvalue weighted by atomic mass is 35.5. The molecule has 1 aromatic carbocycles. The Kier molecular flexibility index (Phi) is 7.72. The molecule has 1 amide bonds. The monoisotopic (exact) mass is 409 g/mol. The van der Waals surface area contributed by atoms with Crippen molar-refractivity contribution in [3.63, 3.8) is 0 Å². The normalized spacial score (nSPS) is 24.0. The molecule has 156 valence electrons. The average molecular weight is 410 g/mol. The number of piperidine rings is 2. The molecule has 1 aliphatic carbocycles. The molecule has 1 N–H and O–H groups in total. The van der Waals surface area contributed by atoms with Crippen molar-refractivity contribution in [3.05, 3.63) is 35.6 Å². The number of benzene rings is 1. The number of amides is 1. The van der Waals surface area contributed by atoms with E-state index < -0.39 is 0 Å². The van der Waals surface area contributed by atoms with Crippen LogP contribution in [0, 0.1) is 11.7 Å². The molecule has 4 rings (SSSR count). The Bertz CT molecular complexity index is 629. The van der Waals surface area contributed by atoms with Crippen LogP contribution in [0.4, 0.5) is 4.39 Å². The van der Waals surface area contributed by atoms with Crippen LogP contribution in [0.2, 0.25) is 0 Å². The van der Waals surface area contributed by atoms with Gasteiger partial charge in [0.2, 0.25) is 5.91 Å². The molecule has 3 fully saturated rings. The van der Waals surface area contributed by atoms with Crippen molar-refractivity contribution in [2.75, 3.05) is 26.2 Å². The fourth-order valence-electron chi connectivity index (χ4n) is 4.45. The molecule has 1 atom stereocenters. The van der Waals surface area contributed by atoms with Gasteiger partial charge in [0.1, 0.15) is 5.82 Å². The lowest BCUT2D eigenvalue weighted by molar-refractivity contribution is -0.139. The summed E-state index contributed by atoms with van der Waals surface area (Å²) in [6, 6.07) is 7.26. The standard InChI is InChI=1S/C22H32FN3O.ClH/c23-19-8-6-18(7-9-19)16-26-12-2-1-3-21(26)22(27)25-13-10-20(11-14-25)24-15-17-4-5-17;/h6-9,17,20-21,24H,1-5,10-16H2;1H. The van der Waals surface area contributed by atoms with Crippen molar-refractivity contribution < 1.29 is 9.18 Å².